The highest BCUT2D eigenvalue weighted by Crippen LogP contribution is 2.10. The van der Waals surface area contributed by atoms with Crippen molar-refractivity contribution in [2.75, 3.05) is 0 Å². The summed E-state index contributed by atoms with van der Waals surface area (Å²) in [5, 5.41) is 5.95. The lowest BCUT2D eigenvalue weighted by atomic mass is 10.1. The number of para-hydroxylation sites is 1. The Balaban J connectivity index is 1.34. The van der Waals surface area contributed by atoms with Crippen LogP contribution in [0.5, 0.6) is 0 Å². The van der Waals surface area contributed by atoms with Gasteiger partial charge in [-0.2, -0.15) is 0 Å². The molecule has 5 rings (SSSR count). The predicted octanol–water partition coefficient (Wildman–Crippen LogP) is 3.36. The van der Waals surface area contributed by atoms with Crippen molar-refractivity contribution in [3.05, 3.63) is 140 Å². The molecule has 2 aromatic heterocycles. The SMILES string of the molecule is Cc1ccc(CNC(=O)c2ccc(Cn3c(=O)c4ccccc4n(CC(=O)NCc4ccco4)c3=O)cc2)cc1. The minimum atomic E-state index is -0.600. The van der Waals surface area contributed by atoms with Crippen LogP contribution in [0.4, 0.5) is 0 Å². The van der Waals surface area contributed by atoms with E-state index in [1.165, 1.54) is 10.8 Å². The second kappa shape index (κ2) is 11.7. The van der Waals surface area contributed by atoms with Gasteiger partial charge in [-0.3, -0.25) is 23.5 Å². The van der Waals surface area contributed by atoms with E-state index in [1.54, 1.807) is 60.7 Å². The van der Waals surface area contributed by atoms with Crippen molar-refractivity contribution in [1.29, 1.82) is 0 Å². The lowest BCUT2D eigenvalue weighted by Crippen LogP contribution is -2.42. The van der Waals surface area contributed by atoms with Crippen molar-refractivity contribution in [3.8, 4) is 0 Å². The number of aryl methyl sites for hydroxylation is 1. The summed E-state index contributed by atoms with van der Waals surface area (Å²) in [6.45, 7) is 2.32. The predicted molar refractivity (Wildman–Crippen MR) is 151 cm³/mol. The van der Waals surface area contributed by atoms with Crippen molar-refractivity contribution < 1.29 is 14.0 Å². The van der Waals surface area contributed by atoms with Crippen molar-refractivity contribution >= 4 is 22.7 Å². The van der Waals surface area contributed by atoms with Crippen LogP contribution in [0.25, 0.3) is 10.9 Å². The molecule has 3 aromatic carbocycles. The summed E-state index contributed by atoms with van der Waals surface area (Å²) < 4.78 is 7.63. The first kappa shape index (κ1) is 26.4. The average Bonchev–Trinajstić information content (AvgIpc) is 3.50. The fourth-order valence-corrected chi connectivity index (χ4v) is 4.40. The summed E-state index contributed by atoms with van der Waals surface area (Å²) >= 11 is 0. The molecule has 9 nitrogen and oxygen atoms in total. The van der Waals surface area contributed by atoms with Crippen molar-refractivity contribution in [3.63, 3.8) is 0 Å². The number of furan rings is 1. The molecule has 2 amide bonds. The van der Waals surface area contributed by atoms with Gasteiger partial charge in [0, 0.05) is 12.1 Å². The molecule has 0 fully saturated rings. The van der Waals surface area contributed by atoms with Crippen LogP contribution in [0.3, 0.4) is 0 Å². The average molecular weight is 537 g/mol. The van der Waals surface area contributed by atoms with Crippen LogP contribution in [0.15, 0.2) is 105 Å². The van der Waals surface area contributed by atoms with Gasteiger partial charge in [-0.25, -0.2) is 4.79 Å². The van der Waals surface area contributed by atoms with Gasteiger partial charge in [-0.05, 0) is 54.4 Å². The minimum absolute atomic E-state index is 0.0121. The van der Waals surface area contributed by atoms with E-state index in [0.29, 0.717) is 34.3 Å². The number of nitrogens with zero attached hydrogens (tertiary/aromatic N) is 2. The van der Waals surface area contributed by atoms with Crippen LogP contribution in [0.1, 0.15) is 32.8 Å². The molecule has 0 radical (unpaired) electrons. The molecule has 5 aromatic rings. The van der Waals surface area contributed by atoms with E-state index in [9.17, 15) is 19.2 Å². The molecule has 0 saturated heterocycles. The molecule has 9 heteroatoms. The Morgan fingerprint density at radius 3 is 2.23 bits per heavy atom. The van der Waals surface area contributed by atoms with Gasteiger partial charge < -0.3 is 15.1 Å². The van der Waals surface area contributed by atoms with Gasteiger partial charge in [-0.15, -0.1) is 0 Å². The number of benzene rings is 3. The molecule has 0 aliphatic rings. The van der Waals surface area contributed by atoms with E-state index in [2.05, 4.69) is 10.6 Å². The lowest BCUT2D eigenvalue weighted by Gasteiger charge is -2.14. The van der Waals surface area contributed by atoms with E-state index in [0.717, 1.165) is 15.7 Å². The number of carbonyl (C=O) groups is 2. The second-order valence-electron chi connectivity index (χ2n) is 9.50. The minimum Gasteiger partial charge on any atom is -0.467 e. The largest absolute Gasteiger partial charge is 0.467 e. The monoisotopic (exact) mass is 536 g/mol. The highest BCUT2D eigenvalue weighted by Gasteiger charge is 2.16. The molecule has 0 aliphatic heterocycles. The van der Waals surface area contributed by atoms with Crippen LogP contribution in [-0.4, -0.2) is 20.9 Å². The van der Waals surface area contributed by atoms with Crippen LogP contribution < -0.4 is 21.9 Å². The third kappa shape index (κ3) is 5.94. The Morgan fingerprint density at radius 2 is 1.50 bits per heavy atom. The van der Waals surface area contributed by atoms with E-state index in [4.69, 9.17) is 4.42 Å². The first-order chi connectivity index (χ1) is 19.4. The van der Waals surface area contributed by atoms with E-state index >= 15 is 0 Å². The highest BCUT2D eigenvalue weighted by molar-refractivity contribution is 5.94. The first-order valence-electron chi connectivity index (χ1n) is 12.8. The second-order valence-corrected chi connectivity index (χ2v) is 9.50. The van der Waals surface area contributed by atoms with E-state index in [1.807, 2.05) is 31.2 Å². The third-order valence-electron chi connectivity index (χ3n) is 6.60. The van der Waals surface area contributed by atoms with Gasteiger partial charge >= 0.3 is 5.69 Å². The maximum absolute atomic E-state index is 13.5. The fraction of sp³-hybridized carbons (Fsp3) is 0.161. The maximum Gasteiger partial charge on any atom is 0.332 e. The van der Waals surface area contributed by atoms with Crippen molar-refractivity contribution in [2.24, 2.45) is 0 Å². The van der Waals surface area contributed by atoms with Crippen LogP contribution >= 0.6 is 0 Å². The van der Waals surface area contributed by atoms with Gasteiger partial charge in [0.15, 0.2) is 0 Å². The number of aromatic nitrogens is 2. The molecule has 2 N–H and O–H groups in total. The van der Waals surface area contributed by atoms with Gasteiger partial charge in [0.1, 0.15) is 12.3 Å². The quantitative estimate of drug-likeness (QED) is 0.300. The lowest BCUT2D eigenvalue weighted by molar-refractivity contribution is -0.121. The topological polar surface area (TPSA) is 115 Å². The zero-order valence-corrected chi connectivity index (χ0v) is 21.9. The number of amides is 2. The summed E-state index contributed by atoms with van der Waals surface area (Å²) in [6, 6.07) is 24.8. The smallest absolute Gasteiger partial charge is 0.332 e. The number of carbonyl (C=O) groups excluding carboxylic acids is 2. The summed E-state index contributed by atoms with van der Waals surface area (Å²) in [4.78, 5) is 52.0. The molecule has 0 bridgehead atoms. The number of fused-ring (bicyclic) bond motifs is 1. The van der Waals surface area contributed by atoms with Crippen LogP contribution in [-0.2, 0) is 31.0 Å². The Morgan fingerprint density at radius 1 is 0.775 bits per heavy atom. The summed E-state index contributed by atoms with van der Waals surface area (Å²) in [7, 11) is 0. The van der Waals surface area contributed by atoms with Crippen LogP contribution in [0.2, 0.25) is 0 Å². The summed E-state index contributed by atoms with van der Waals surface area (Å²) in [5.74, 6) is -0.0319. The molecule has 0 atom stereocenters. The van der Waals surface area contributed by atoms with Crippen molar-refractivity contribution in [1.82, 2.24) is 19.8 Å². The van der Waals surface area contributed by atoms with E-state index < -0.39 is 17.2 Å². The van der Waals surface area contributed by atoms with Gasteiger partial charge in [0.05, 0.1) is 30.3 Å². The fourth-order valence-electron chi connectivity index (χ4n) is 4.40. The Hall–Kier alpha value is -5.18. The molecule has 0 saturated carbocycles. The van der Waals surface area contributed by atoms with E-state index in [-0.39, 0.29) is 25.5 Å². The maximum atomic E-state index is 13.5. The Bertz CT molecular complexity index is 1770. The van der Waals surface area contributed by atoms with Gasteiger partial charge in [-0.1, -0.05) is 54.1 Å². The molecule has 0 aliphatic carbocycles. The molecule has 2 heterocycles. The summed E-state index contributed by atoms with van der Waals surface area (Å²) in [6.07, 6.45) is 1.51. The van der Waals surface area contributed by atoms with Crippen molar-refractivity contribution in [2.45, 2.75) is 33.1 Å². The molecule has 0 unspecified atom stereocenters. The number of hydrogen-bond donors (Lipinski definition) is 2. The number of hydrogen-bond acceptors (Lipinski definition) is 5. The standard InChI is InChI=1S/C31H28N4O5/c1-21-8-10-22(11-9-21)17-33-29(37)24-14-12-23(13-15-24)19-35-30(38)26-6-2-3-7-27(26)34(31(35)39)20-28(36)32-18-25-5-4-16-40-25/h2-16H,17-20H2,1H3,(H,32,36)(H,33,37). The molecule has 0 spiro atoms. The zero-order valence-electron chi connectivity index (χ0n) is 21.9. The van der Waals surface area contributed by atoms with Crippen LogP contribution in [0, 0.1) is 6.92 Å². The van der Waals surface area contributed by atoms with Gasteiger partial charge in [0.2, 0.25) is 5.91 Å². The number of rotatable bonds is 9. The molecular weight excluding hydrogens is 508 g/mol. The number of nitrogens with one attached hydrogen (secondary N) is 2. The molecule has 40 heavy (non-hydrogen) atoms. The zero-order chi connectivity index (χ0) is 28.1. The Labute approximate surface area is 229 Å². The Kier molecular flexibility index (Phi) is 7.72. The third-order valence-corrected chi connectivity index (χ3v) is 6.60. The molecular formula is C31H28N4O5. The van der Waals surface area contributed by atoms with Gasteiger partial charge in [0.25, 0.3) is 11.5 Å². The normalized spacial score (nSPS) is 10.9. The first-order valence-corrected chi connectivity index (χ1v) is 12.8. The summed E-state index contributed by atoms with van der Waals surface area (Å²) in [5.41, 5.74) is 2.60. The molecule has 202 valence electrons. The highest BCUT2D eigenvalue weighted by atomic mass is 16.3.